The van der Waals surface area contributed by atoms with Crippen LogP contribution in [-0.4, -0.2) is 65.8 Å². The Morgan fingerprint density at radius 2 is 0.432 bits per heavy atom. The topological polar surface area (TPSA) is 162 Å². The van der Waals surface area contributed by atoms with E-state index < -0.39 is 34.1 Å². The summed E-state index contributed by atoms with van der Waals surface area (Å²) < 4.78 is 0. The Kier molecular flexibility index (Phi) is 28.8. The minimum absolute atomic E-state index is 0. The van der Waals surface area contributed by atoms with Gasteiger partial charge in [-0.1, -0.05) is 257 Å². The molecule has 74 heavy (non-hydrogen) atoms. The first-order chi connectivity index (χ1) is 34.6. The Morgan fingerprint density at radius 1 is 0.311 bits per heavy atom. The van der Waals surface area contributed by atoms with Crippen LogP contribution in [0.15, 0.2) is 243 Å². The molecule has 0 aromatic heterocycles. The molecule has 8 nitrogen and oxygen atoms in total. The van der Waals surface area contributed by atoms with Gasteiger partial charge in [0.25, 0.3) is 0 Å². The molecule has 386 valence electrons. The Labute approximate surface area is 478 Å². The molecule has 8 aromatic rings. The zero-order chi connectivity index (χ0) is 52.5. The van der Waals surface area contributed by atoms with Crippen LogP contribution in [0.1, 0.15) is 98.4 Å². The summed E-state index contributed by atoms with van der Waals surface area (Å²) in [5.41, 5.74) is -2.54. The minimum Gasteiger partial charge on any atom is -0.396 e. The second-order valence-corrected chi connectivity index (χ2v) is 18.1. The summed E-state index contributed by atoms with van der Waals surface area (Å²) in [6.45, 7) is 9.53. The van der Waals surface area contributed by atoms with Crippen molar-refractivity contribution < 1.29 is 93.3 Å². The smallest absolute Gasteiger partial charge is 0.152 e. The van der Waals surface area contributed by atoms with Gasteiger partial charge in [-0.05, 0) is 78.1 Å². The molecule has 0 spiro atoms. The maximum absolute atomic E-state index is 12.3. The van der Waals surface area contributed by atoms with E-state index >= 15 is 0 Å². The molecule has 8 rings (SSSR count). The van der Waals surface area contributed by atoms with Crippen molar-refractivity contribution in [2.24, 2.45) is 0 Å². The summed E-state index contributed by atoms with van der Waals surface area (Å²) in [5, 5.41) is 82.8. The molecule has 0 aliphatic carbocycles. The molecule has 0 saturated heterocycles. The summed E-state index contributed by atoms with van der Waals surface area (Å²) in [7, 11) is 0. The molecule has 1 atom stereocenters. The van der Waals surface area contributed by atoms with Gasteiger partial charge < -0.3 is 40.9 Å². The third kappa shape index (κ3) is 16.9. The third-order valence-electron chi connectivity index (χ3n) is 11.8. The van der Waals surface area contributed by atoms with Gasteiger partial charge in [0.2, 0.25) is 0 Å². The Bertz CT molecular complexity index is 2130. The van der Waals surface area contributed by atoms with Crippen LogP contribution in [0.25, 0.3) is 0 Å². The molecular weight excluding hydrogens is 1080 g/mol. The normalized spacial score (nSPS) is 11.6. The number of rotatable bonds is 14. The van der Waals surface area contributed by atoms with Crippen molar-refractivity contribution in [2.75, 3.05) is 13.2 Å². The van der Waals surface area contributed by atoms with Crippen LogP contribution in [-0.2, 0) is 74.8 Å². The van der Waals surface area contributed by atoms with E-state index in [1.165, 1.54) is 0 Å². The molecule has 1 unspecified atom stereocenters. The fourth-order valence-electron chi connectivity index (χ4n) is 8.50. The molecule has 0 bridgehead atoms. The van der Waals surface area contributed by atoms with E-state index in [9.17, 15) is 20.4 Å². The van der Waals surface area contributed by atoms with Crippen molar-refractivity contribution >= 4 is 0 Å². The monoisotopic (exact) mass is 1150 g/mol. The van der Waals surface area contributed by atoms with Crippen molar-refractivity contribution in [2.45, 2.75) is 88.0 Å². The first-order valence-corrected chi connectivity index (χ1v) is 24.5. The van der Waals surface area contributed by atoms with Crippen LogP contribution < -0.4 is 0 Å². The van der Waals surface area contributed by atoms with Crippen molar-refractivity contribution in [3.63, 3.8) is 0 Å². The summed E-state index contributed by atoms with van der Waals surface area (Å²) in [6, 6.07) is 74.8. The van der Waals surface area contributed by atoms with Gasteiger partial charge in [-0.3, -0.25) is 0 Å². The molecule has 0 heterocycles. The Balaban J connectivity index is 0.000000385. The predicted octanol–water partition coefficient (Wildman–Crippen LogP) is 11.0. The van der Waals surface area contributed by atoms with Crippen LogP contribution in [0, 0.1) is 0 Å². The van der Waals surface area contributed by atoms with Gasteiger partial charge in [0, 0.05) is 72.0 Å². The first-order valence-electron chi connectivity index (χ1n) is 24.5. The van der Waals surface area contributed by atoms with Crippen LogP contribution >= 0.6 is 0 Å². The average Bonchev–Trinajstić information content (AvgIpc) is 3.43. The molecule has 0 radical (unpaired) electrons. The predicted molar refractivity (Wildman–Crippen MR) is 291 cm³/mol. The summed E-state index contributed by atoms with van der Waals surface area (Å²) in [6.07, 6.45) is 1.78. The van der Waals surface area contributed by atoms with Gasteiger partial charge in [-0.2, -0.15) is 0 Å². The van der Waals surface area contributed by atoms with E-state index in [2.05, 4.69) is 0 Å². The number of benzene rings is 8. The van der Waals surface area contributed by atoms with Gasteiger partial charge >= 0.3 is 0 Å². The second-order valence-electron chi connectivity index (χ2n) is 18.1. The van der Waals surface area contributed by atoms with Crippen molar-refractivity contribution in [3.8, 4) is 0 Å². The standard InChI is InChI=1S/2C26H22O2.C6H14O2.2C3H8O.2Zr/c2*27-25(21-13-5-1-6-14-21,22-15-7-2-8-16-22)26(28,23-17-9-3-10-18-23)24-19-11-4-12-20-24;1-5(7)4-6(2,3)8;2*1-2-3-4;;/h2*1-20,27-28H;5,7-8H,4H2,1-3H3;2*4H,2-3H2,1H3;;. The Hall–Kier alpha value is -4.79. The van der Waals surface area contributed by atoms with Gasteiger partial charge in [0.1, 0.15) is 0 Å². The number of hydrogen-bond acceptors (Lipinski definition) is 8. The molecule has 0 aliphatic rings. The summed E-state index contributed by atoms with van der Waals surface area (Å²) in [5.74, 6) is 0. The maximum Gasteiger partial charge on any atom is 0.152 e. The van der Waals surface area contributed by atoms with E-state index in [1.807, 2.05) is 257 Å². The average molecular weight is 1150 g/mol. The van der Waals surface area contributed by atoms with Crippen LogP contribution in [0.5, 0.6) is 0 Å². The van der Waals surface area contributed by atoms with Gasteiger partial charge in [-0.15, -0.1) is 0 Å². The second kappa shape index (κ2) is 32.6. The fraction of sp³-hybridized carbons (Fsp3) is 0.250. The van der Waals surface area contributed by atoms with Crippen molar-refractivity contribution in [3.05, 3.63) is 287 Å². The molecule has 0 saturated carbocycles. The molecule has 0 aliphatic heterocycles. The van der Waals surface area contributed by atoms with E-state index in [1.54, 1.807) is 20.8 Å². The van der Waals surface area contributed by atoms with E-state index in [-0.39, 0.29) is 52.4 Å². The summed E-state index contributed by atoms with van der Waals surface area (Å²) >= 11 is 0. The summed E-state index contributed by atoms with van der Waals surface area (Å²) in [4.78, 5) is 0. The van der Waals surface area contributed by atoms with E-state index in [4.69, 9.17) is 20.4 Å². The molecular formula is C64H74O8Zr2. The number of aliphatic hydroxyl groups is 8. The molecule has 8 N–H and O–H groups in total. The number of hydrogen-bond donors (Lipinski definition) is 8. The molecule has 8 aromatic carbocycles. The largest absolute Gasteiger partial charge is 0.396 e. The maximum atomic E-state index is 12.3. The SMILES string of the molecule is CC(O)CC(C)(C)O.CCCO.CCCO.OC(c1ccccc1)(c1ccccc1)C(O)(c1ccccc1)c1ccccc1.OC(c1ccccc1)(c1ccccc1)C(O)(c1ccccc1)c1ccccc1.[Zr].[Zr]. The van der Waals surface area contributed by atoms with E-state index in [0.29, 0.717) is 64.1 Å². The van der Waals surface area contributed by atoms with Crippen LogP contribution in [0.4, 0.5) is 0 Å². The first kappa shape index (κ1) is 65.3. The van der Waals surface area contributed by atoms with Gasteiger partial charge in [0.05, 0.1) is 11.7 Å². The fourth-order valence-corrected chi connectivity index (χ4v) is 8.50. The van der Waals surface area contributed by atoms with Crippen LogP contribution in [0.2, 0.25) is 0 Å². The Morgan fingerprint density at radius 3 is 0.500 bits per heavy atom. The number of aliphatic hydroxyl groups excluding tert-OH is 3. The van der Waals surface area contributed by atoms with Gasteiger partial charge in [0.15, 0.2) is 22.4 Å². The zero-order valence-electron chi connectivity index (χ0n) is 43.3. The molecule has 10 heteroatoms. The minimum atomic E-state index is -1.70. The zero-order valence-corrected chi connectivity index (χ0v) is 48.2. The molecule has 0 amide bonds. The van der Waals surface area contributed by atoms with Crippen molar-refractivity contribution in [1.29, 1.82) is 0 Å². The van der Waals surface area contributed by atoms with E-state index in [0.717, 1.165) is 12.8 Å². The quantitative estimate of drug-likeness (QED) is 0.0534. The van der Waals surface area contributed by atoms with Crippen LogP contribution in [0.3, 0.4) is 0 Å². The van der Waals surface area contributed by atoms with Crippen molar-refractivity contribution in [1.82, 2.24) is 0 Å². The molecule has 0 fully saturated rings. The van der Waals surface area contributed by atoms with Gasteiger partial charge in [-0.25, -0.2) is 0 Å². The third-order valence-corrected chi connectivity index (χ3v) is 11.8.